The zero-order chi connectivity index (χ0) is 17.7. The molecule has 128 valence electrons. The average Bonchev–Trinajstić information content (AvgIpc) is 2.53. The number of nitrogens with one attached hydrogen (secondary N) is 1. The molecule has 0 aliphatic carbocycles. The Bertz CT molecular complexity index is 816. The minimum Gasteiger partial charge on any atom is -0.350 e. The molecule has 2 aromatic carbocycles. The van der Waals surface area contributed by atoms with Crippen LogP contribution in [0.2, 0.25) is 0 Å². The number of benzene rings is 2. The van der Waals surface area contributed by atoms with Crippen LogP contribution < -0.4 is 5.32 Å². The number of sulfone groups is 1. The second kappa shape index (κ2) is 7.57. The molecule has 4 nitrogen and oxygen atoms in total. The van der Waals surface area contributed by atoms with Gasteiger partial charge in [-0.25, -0.2) is 12.8 Å². The maximum atomic E-state index is 13.5. The van der Waals surface area contributed by atoms with Crippen molar-refractivity contribution in [2.75, 3.05) is 6.26 Å². The molecule has 1 N–H and O–H groups in total. The highest BCUT2D eigenvalue weighted by Gasteiger charge is 2.12. The largest absolute Gasteiger partial charge is 0.350 e. The van der Waals surface area contributed by atoms with E-state index < -0.39 is 9.84 Å². The van der Waals surface area contributed by atoms with Crippen LogP contribution in [0, 0.1) is 5.82 Å². The Morgan fingerprint density at radius 2 is 1.75 bits per heavy atom. The summed E-state index contributed by atoms with van der Waals surface area (Å²) >= 11 is 0. The zero-order valence-corrected chi connectivity index (χ0v) is 14.4. The Morgan fingerprint density at radius 3 is 2.33 bits per heavy atom. The summed E-state index contributed by atoms with van der Waals surface area (Å²) in [6, 6.07) is 12.5. The van der Waals surface area contributed by atoms with Gasteiger partial charge in [0.05, 0.1) is 10.9 Å². The van der Waals surface area contributed by atoms with Crippen molar-refractivity contribution in [3.8, 4) is 0 Å². The minimum atomic E-state index is -3.23. The number of carbonyl (C=O) groups excluding carboxylic acids is 1. The Kier molecular flexibility index (Phi) is 5.72. The van der Waals surface area contributed by atoms with E-state index in [-0.39, 0.29) is 29.1 Å². The molecule has 2 rings (SSSR count). The highest BCUT2D eigenvalue weighted by molar-refractivity contribution is 7.90. The second-order valence-electron chi connectivity index (χ2n) is 5.72. The number of aryl methyl sites for hydroxylation is 1. The lowest BCUT2D eigenvalue weighted by Crippen LogP contribution is -2.26. The quantitative estimate of drug-likeness (QED) is 0.872. The van der Waals surface area contributed by atoms with Crippen molar-refractivity contribution < 1.29 is 17.6 Å². The van der Waals surface area contributed by atoms with Gasteiger partial charge in [-0.15, -0.1) is 0 Å². The van der Waals surface area contributed by atoms with Gasteiger partial charge in [-0.1, -0.05) is 30.3 Å². The van der Waals surface area contributed by atoms with Gasteiger partial charge in [0.25, 0.3) is 0 Å². The van der Waals surface area contributed by atoms with E-state index in [0.717, 1.165) is 11.8 Å². The number of hydrogen-bond acceptors (Lipinski definition) is 3. The zero-order valence-electron chi connectivity index (χ0n) is 13.6. The van der Waals surface area contributed by atoms with Gasteiger partial charge in [0.1, 0.15) is 5.82 Å². The molecule has 0 saturated carbocycles. The fourth-order valence-electron chi connectivity index (χ4n) is 2.35. The Morgan fingerprint density at radius 1 is 1.12 bits per heavy atom. The summed E-state index contributed by atoms with van der Waals surface area (Å²) in [6.45, 7) is 1.82. The topological polar surface area (TPSA) is 63.2 Å². The van der Waals surface area contributed by atoms with Crippen LogP contribution in [0.3, 0.4) is 0 Å². The van der Waals surface area contributed by atoms with Crippen LogP contribution in [0.1, 0.15) is 30.5 Å². The molecule has 0 aromatic heterocycles. The van der Waals surface area contributed by atoms with Crippen LogP contribution in [-0.2, 0) is 21.1 Å². The molecule has 0 fully saturated rings. The van der Waals surface area contributed by atoms with Crippen molar-refractivity contribution in [3.05, 3.63) is 65.5 Å². The van der Waals surface area contributed by atoms with Crippen LogP contribution in [-0.4, -0.2) is 20.6 Å². The van der Waals surface area contributed by atoms with Gasteiger partial charge >= 0.3 is 0 Å². The van der Waals surface area contributed by atoms with Crippen LogP contribution in [0.5, 0.6) is 0 Å². The van der Waals surface area contributed by atoms with Crippen molar-refractivity contribution in [3.63, 3.8) is 0 Å². The van der Waals surface area contributed by atoms with E-state index >= 15 is 0 Å². The lowest BCUT2D eigenvalue weighted by atomic mass is 10.1. The van der Waals surface area contributed by atoms with E-state index in [2.05, 4.69) is 5.32 Å². The number of hydrogen-bond donors (Lipinski definition) is 1. The van der Waals surface area contributed by atoms with E-state index in [1.54, 1.807) is 30.3 Å². The van der Waals surface area contributed by atoms with Gasteiger partial charge in [-0.2, -0.15) is 0 Å². The van der Waals surface area contributed by atoms with Gasteiger partial charge in [0, 0.05) is 12.7 Å². The molecule has 0 heterocycles. The van der Waals surface area contributed by atoms with Gasteiger partial charge in [-0.3, -0.25) is 4.79 Å². The summed E-state index contributed by atoms with van der Waals surface area (Å²) < 4.78 is 36.4. The maximum absolute atomic E-state index is 13.5. The highest BCUT2D eigenvalue weighted by Crippen LogP contribution is 2.16. The molecular weight excluding hydrogens is 329 g/mol. The molecule has 0 radical (unpaired) electrons. The minimum absolute atomic E-state index is 0.182. The summed E-state index contributed by atoms with van der Waals surface area (Å²) in [7, 11) is -3.23. The third kappa shape index (κ3) is 4.89. The molecule has 0 saturated heterocycles. The molecule has 24 heavy (non-hydrogen) atoms. The second-order valence-corrected chi connectivity index (χ2v) is 7.74. The monoisotopic (exact) mass is 349 g/mol. The molecule has 0 spiro atoms. The van der Waals surface area contributed by atoms with Crippen molar-refractivity contribution in [2.24, 2.45) is 0 Å². The number of amides is 1. The van der Waals surface area contributed by atoms with Crippen molar-refractivity contribution in [1.82, 2.24) is 5.32 Å². The molecule has 1 amide bonds. The van der Waals surface area contributed by atoms with Crippen LogP contribution >= 0.6 is 0 Å². The summed E-state index contributed by atoms with van der Waals surface area (Å²) in [5.41, 5.74) is 1.32. The Labute approximate surface area is 141 Å². The third-order valence-corrected chi connectivity index (χ3v) is 4.89. The summed E-state index contributed by atoms with van der Waals surface area (Å²) in [5.74, 6) is -0.493. The first-order valence-corrected chi connectivity index (χ1v) is 9.49. The summed E-state index contributed by atoms with van der Waals surface area (Å²) in [5, 5.41) is 2.83. The molecule has 0 aliphatic rings. The highest BCUT2D eigenvalue weighted by atomic mass is 32.2. The maximum Gasteiger partial charge on any atom is 0.220 e. The molecule has 6 heteroatoms. The first-order valence-electron chi connectivity index (χ1n) is 7.60. The predicted molar refractivity (Wildman–Crippen MR) is 90.8 cm³/mol. The van der Waals surface area contributed by atoms with Gasteiger partial charge < -0.3 is 5.32 Å². The lowest BCUT2D eigenvalue weighted by molar-refractivity contribution is -0.121. The standard InChI is InChI=1S/C18H20FNO3S/c1-13(14-7-10-16(11-8-14)24(2,22)23)20-18(21)12-9-15-5-3-4-6-17(15)19/h3-8,10-11,13H,9,12H2,1-2H3,(H,20,21)/t13-/m0/s1. The Balaban J connectivity index is 1.93. The Hall–Kier alpha value is -2.21. The SMILES string of the molecule is C[C@H](NC(=O)CCc1ccccc1F)c1ccc(S(C)(=O)=O)cc1. The number of rotatable bonds is 6. The predicted octanol–water partition coefficient (Wildman–Crippen LogP) is 3.04. The molecule has 0 unspecified atom stereocenters. The van der Waals surface area contributed by atoms with E-state index in [0.29, 0.717) is 12.0 Å². The summed E-state index contributed by atoms with van der Waals surface area (Å²) in [6.07, 6.45) is 1.67. The van der Waals surface area contributed by atoms with E-state index in [1.165, 1.54) is 18.2 Å². The fourth-order valence-corrected chi connectivity index (χ4v) is 2.98. The lowest BCUT2D eigenvalue weighted by Gasteiger charge is -2.15. The normalized spacial score (nSPS) is 12.6. The van der Waals surface area contributed by atoms with Crippen LogP contribution in [0.25, 0.3) is 0 Å². The van der Waals surface area contributed by atoms with Crippen LogP contribution in [0.4, 0.5) is 4.39 Å². The molecular formula is C18H20FNO3S. The smallest absolute Gasteiger partial charge is 0.220 e. The van der Waals surface area contributed by atoms with Crippen molar-refractivity contribution >= 4 is 15.7 Å². The van der Waals surface area contributed by atoms with Gasteiger partial charge in [0.15, 0.2) is 9.84 Å². The number of halogens is 1. The number of carbonyl (C=O) groups is 1. The molecule has 1 atom stereocenters. The fraction of sp³-hybridized carbons (Fsp3) is 0.278. The van der Waals surface area contributed by atoms with E-state index in [1.807, 2.05) is 6.92 Å². The van der Waals surface area contributed by atoms with Crippen LogP contribution in [0.15, 0.2) is 53.4 Å². The van der Waals surface area contributed by atoms with Gasteiger partial charge in [0.2, 0.25) is 5.91 Å². The van der Waals surface area contributed by atoms with E-state index in [4.69, 9.17) is 0 Å². The molecule has 2 aromatic rings. The molecule has 0 bridgehead atoms. The first kappa shape index (κ1) is 18.1. The van der Waals surface area contributed by atoms with Crippen molar-refractivity contribution in [2.45, 2.75) is 30.7 Å². The molecule has 0 aliphatic heterocycles. The first-order chi connectivity index (χ1) is 11.3. The van der Waals surface area contributed by atoms with E-state index in [9.17, 15) is 17.6 Å². The average molecular weight is 349 g/mol. The van der Waals surface area contributed by atoms with Gasteiger partial charge in [-0.05, 0) is 42.7 Å². The summed E-state index contributed by atoms with van der Waals surface area (Å²) in [4.78, 5) is 12.2. The third-order valence-electron chi connectivity index (χ3n) is 3.76. The van der Waals surface area contributed by atoms with Crippen molar-refractivity contribution in [1.29, 1.82) is 0 Å².